The Morgan fingerprint density at radius 2 is 1.90 bits per heavy atom. The first-order valence-electron chi connectivity index (χ1n) is 13.0. The van der Waals surface area contributed by atoms with Gasteiger partial charge >= 0.3 is 11.9 Å². The highest BCUT2D eigenvalue weighted by atomic mass is 19.4. The largest absolute Gasteiger partial charge is 0.406 e. The van der Waals surface area contributed by atoms with Gasteiger partial charge in [0, 0.05) is 23.1 Å². The van der Waals surface area contributed by atoms with Crippen molar-refractivity contribution in [2.45, 2.75) is 37.5 Å². The van der Waals surface area contributed by atoms with Gasteiger partial charge in [-0.25, -0.2) is 9.78 Å². The molecule has 2 aliphatic heterocycles. The summed E-state index contributed by atoms with van der Waals surface area (Å²) in [7, 11) is 0. The standard InChI is InChI=1S/C29H23F3N6O3/c1-16-13-37-24-21(5-2-6-22(24)38(16)15-29(30,31)32)36(27(37)41)14-23(39)34-19-8-7-17-11-28(12-18(17)10-19)20-4-3-9-33-25(20)35-26(28)40/h2-10H,1,11-15H2,(H,34,39)(H,33,35,40). The van der Waals surface area contributed by atoms with E-state index in [0.717, 1.165) is 21.6 Å². The normalized spacial score (nSPS) is 19.0. The Morgan fingerprint density at radius 1 is 1.10 bits per heavy atom. The van der Waals surface area contributed by atoms with E-state index in [0.29, 0.717) is 35.4 Å². The number of hydrogen-bond acceptors (Lipinski definition) is 5. The summed E-state index contributed by atoms with van der Waals surface area (Å²) in [5.74, 6) is 0.000190. The highest BCUT2D eigenvalue weighted by molar-refractivity contribution is 6.06. The van der Waals surface area contributed by atoms with Crippen LogP contribution in [0.1, 0.15) is 16.7 Å². The molecule has 0 saturated carbocycles. The molecule has 1 unspecified atom stereocenters. The number of alkyl halides is 3. The van der Waals surface area contributed by atoms with Crippen LogP contribution < -0.4 is 21.2 Å². The van der Waals surface area contributed by atoms with Crippen molar-refractivity contribution in [1.29, 1.82) is 0 Å². The van der Waals surface area contributed by atoms with Crippen molar-refractivity contribution in [2.75, 3.05) is 22.1 Å². The molecule has 7 rings (SSSR count). The lowest BCUT2D eigenvalue weighted by atomic mass is 9.79. The minimum Gasteiger partial charge on any atom is -0.333 e. The molecule has 1 spiro atoms. The quantitative estimate of drug-likeness (QED) is 0.396. The molecule has 0 radical (unpaired) electrons. The van der Waals surface area contributed by atoms with Crippen molar-refractivity contribution in [3.8, 4) is 0 Å². The third kappa shape index (κ3) is 3.85. The van der Waals surface area contributed by atoms with Crippen molar-refractivity contribution < 1.29 is 22.8 Å². The second-order valence-corrected chi connectivity index (χ2v) is 10.7. The van der Waals surface area contributed by atoms with E-state index >= 15 is 0 Å². The van der Waals surface area contributed by atoms with Crippen LogP contribution in [-0.4, -0.2) is 38.7 Å². The van der Waals surface area contributed by atoms with Crippen LogP contribution in [-0.2, 0) is 40.9 Å². The van der Waals surface area contributed by atoms with Crippen molar-refractivity contribution >= 4 is 40.0 Å². The zero-order chi connectivity index (χ0) is 28.7. The molecular formula is C29H23F3N6O3. The Balaban J connectivity index is 1.15. The van der Waals surface area contributed by atoms with E-state index in [1.165, 1.54) is 15.2 Å². The molecule has 41 heavy (non-hydrogen) atoms. The Bertz CT molecular complexity index is 1870. The molecule has 2 aromatic carbocycles. The van der Waals surface area contributed by atoms with Crippen LogP contribution in [0.2, 0.25) is 0 Å². The van der Waals surface area contributed by atoms with Crippen LogP contribution in [0.25, 0.3) is 11.0 Å². The second kappa shape index (κ2) is 8.56. The molecule has 0 bridgehead atoms. The Kier molecular flexibility index (Phi) is 5.25. The van der Waals surface area contributed by atoms with Gasteiger partial charge in [0.25, 0.3) is 0 Å². The number of carbonyl (C=O) groups excluding carboxylic acids is 2. The zero-order valence-electron chi connectivity index (χ0n) is 21.6. The number of benzene rings is 2. The van der Waals surface area contributed by atoms with E-state index in [-0.39, 0.29) is 30.4 Å². The maximum absolute atomic E-state index is 13.3. The van der Waals surface area contributed by atoms with E-state index in [2.05, 4.69) is 22.2 Å². The predicted octanol–water partition coefficient (Wildman–Crippen LogP) is 3.72. The molecular weight excluding hydrogens is 537 g/mol. The number of nitrogens with zero attached hydrogens (tertiary/aromatic N) is 4. The predicted molar refractivity (Wildman–Crippen MR) is 146 cm³/mol. The van der Waals surface area contributed by atoms with Crippen LogP contribution in [0.4, 0.5) is 30.4 Å². The summed E-state index contributed by atoms with van der Waals surface area (Å²) >= 11 is 0. The lowest BCUT2D eigenvalue weighted by Crippen LogP contribution is -2.39. The number of carbonyl (C=O) groups is 2. The lowest BCUT2D eigenvalue weighted by Gasteiger charge is -2.32. The van der Waals surface area contributed by atoms with Crippen molar-refractivity contribution in [2.24, 2.45) is 0 Å². The van der Waals surface area contributed by atoms with Gasteiger partial charge in [0.1, 0.15) is 18.9 Å². The number of rotatable bonds is 4. The van der Waals surface area contributed by atoms with Gasteiger partial charge < -0.3 is 15.5 Å². The fourth-order valence-corrected chi connectivity index (χ4v) is 6.38. The topological polar surface area (TPSA) is 101 Å². The van der Waals surface area contributed by atoms with E-state index in [1.807, 2.05) is 24.3 Å². The molecule has 12 heteroatoms. The summed E-state index contributed by atoms with van der Waals surface area (Å²) in [6, 6.07) is 13.9. The smallest absolute Gasteiger partial charge is 0.333 e. The molecule has 9 nitrogen and oxygen atoms in total. The maximum atomic E-state index is 13.3. The molecule has 208 valence electrons. The van der Waals surface area contributed by atoms with Crippen molar-refractivity contribution in [1.82, 2.24) is 14.1 Å². The highest BCUT2D eigenvalue weighted by Gasteiger charge is 2.51. The number of para-hydroxylation sites is 1. The molecule has 2 N–H and O–H groups in total. The number of aromatic nitrogens is 3. The fourth-order valence-electron chi connectivity index (χ4n) is 6.38. The molecule has 2 aromatic heterocycles. The SMILES string of the molecule is C=C1Cn2c(=O)n(CC(=O)Nc3ccc4c(c3)CC3(C4)C(=O)Nc4ncccc43)c3cccc(c32)N1CC(F)(F)F. The third-order valence-electron chi connectivity index (χ3n) is 8.13. The Labute approximate surface area is 230 Å². The molecule has 2 amide bonds. The van der Waals surface area contributed by atoms with Crippen molar-refractivity contribution in [3.63, 3.8) is 0 Å². The second-order valence-electron chi connectivity index (χ2n) is 10.7. The number of anilines is 3. The fraction of sp³-hybridized carbons (Fsp3) is 0.241. The molecule has 1 aliphatic carbocycles. The van der Waals surface area contributed by atoms with Crippen LogP contribution in [0.15, 0.2) is 71.8 Å². The Morgan fingerprint density at radius 3 is 2.71 bits per heavy atom. The first-order chi connectivity index (χ1) is 19.5. The highest BCUT2D eigenvalue weighted by Crippen LogP contribution is 2.47. The number of imidazole rings is 1. The average Bonchev–Trinajstić information content (AvgIpc) is 3.52. The lowest BCUT2D eigenvalue weighted by molar-refractivity contribution is -0.120. The van der Waals surface area contributed by atoms with Gasteiger partial charge in [-0.3, -0.25) is 18.7 Å². The first-order valence-corrected chi connectivity index (χ1v) is 13.0. The average molecular weight is 561 g/mol. The molecule has 3 aliphatic rings. The summed E-state index contributed by atoms with van der Waals surface area (Å²) in [4.78, 5) is 44.7. The summed E-state index contributed by atoms with van der Waals surface area (Å²) in [5, 5.41) is 5.70. The zero-order valence-corrected chi connectivity index (χ0v) is 21.6. The minimum atomic E-state index is -4.46. The summed E-state index contributed by atoms with van der Waals surface area (Å²) in [6.45, 7) is 2.08. The monoisotopic (exact) mass is 560 g/mol. The van der Waals surface area contributed by atoms with Crippen molar-refractivity contribution in [3.05, 3.63) is 94.2 Å². The minimum absolute atomic E-state index is 0.100. The summed E-state index contributed by atoms with van der Waals surface area (Å²) < 4.78 is 42.4. The van der Waals surface area contributed by atoms with Gasteiger partial charge in [0.15, 0.2) is 0 Å². The molecule has 0 saturated heterocycles. The van der Waals surface area contributed by atoms with Crippen LogP contribution in [0.5, 0.6) is 0 Å². The van der Waals surface area contributed by atoms with E-state index < -0.39 is 29.7 Å². The van der Waals surface area contributed by atoms with E-state index in [1.54, 1.807) is 24.4 Å². The van der Waals surface area contributed by atoms with Crippen LogP contribution in [0, 0.1) is 0 Å². The molecule has 4 aromatic rings. The van der Waals surface area contributed by atoms with Gasteiger partial charge in [-0.1, -0.05) is 24.8 Å². The number of halogens is 3. The maximum Gasteiger partial charge on any atom is 0.406 e. The van der Waals surface area contributed by atoms with Gasteiger partial charge in [0.05, 0.1) is 28.7 Å². The number of fused-ring (bicyclic) bond motifs is 3. The van der Waals surface area contributed by atoms with Crippen LogP contribution >= 0.6 is 0 Å². The molecule has 1 atom stereocenters. The summed E-state index contributed by atoms with van der Waals surface area (Å²) in [6.07, 6.45) is -1.84. The number of nitrogens with one attached hydrogen (secondary N) is 2. The number of amides is 2. The Hall–Kier alpha value is -4.87. The van der Waals surface area contributed by atoms with Gasteiger partial charge in [-0.05, 0) is 54.3 Å². The van der Waals surface area contributed by atoms with E-state index in [9.17, 15) is 27.6 Å². The van der Waals surface area contributed by atoms with Gasteiger partial charge in [0.2, 0.25) is 11.8 Å². The van der Waals surface area contributed by atoms with Gasteiger partial charge in [-0.2, -0.15) is 13.2 Å². The van der Waals surface area contributed by atoms with E-state index in [4.69, 9.17) is 0 Å². The summed E-state index contributed by atoms with van der Waals surface area (Å²) in [5.41, 5.74) is 3.10. The third-order valence-corrected chi connectivity index (χ3v) is 8.13. The van der Waals surface area contributed by atoms with Gasteiger partial charge in [-0.15, -0.1) is 0 Å². The number of allylic oxidation sites excluding steroid dienone is 1. The molecule has 4 heterocycles. The first kappa shape index (κ1) is 25.1. The van der Waals surface area contributed by atoms with Crippen LogP contribution in [0.3, 0.4) is 0 Å². The molecule has 0 fully saturated rings. The number of pyridine rings is 1. The number of hydrogen-bond donors (Lipinski definition) is 2.